The molecular formula is C14H30NO5+. The topological polar surface area (TPSA) is 87.0 Å². The number of quaternary nitrogens is 1. The van der Waals surface area contributed by atoms with E-state index in [4.69, 9.17) is 9.84 Å². The zero-order valence-electron chi connectivity index (χ0n) is 12.6. The molecule has 0 amide bonds. The van der Waals surface area contributed by atoms with Crippen molar-refractivity contribution in [3.8, 4) is 0 Å². The van der Waals surface area contributed by atoms with Crippen LogP contribution in [0.3, 0.4) is 0 Å². The maximum Gasteiger partial charge on any atom is 0.309 e. The predicted molar refractivity (Wildman–Crippen MR) is 75.7 cm³/mol. The highest BCUT2D eigenvalue weighted by Gasteiger charge is 2.26. The van der Waals surface area contributed by atoms with Crippen molar-refractivity contribution in [3.05, 3.63) is 0 Å². The Labute approximate surface area is 121 Å². The zero-order chi connectivity index (χ0) is 15.3. The second-order valence-corrected chi connectivity index (χ2v) is 5.30. The zero-order valence-corrected chi connectivity index (χ0v) is 12.6. The van der Waals surface area contributed by atoms with E-state index in [9.17, 15) is 15.0 Å². The summed E-state index contributed by atoms with van der Waals surface area (Å²) in [6.45, 7) is 2.44. The van der Waals surface area contributed by atoms with Gasteiger partial charge in [-0.05, 0) is 6.42 Å². The van der Waals surface area contributed by atoms with Crippen molar-refractivity contribution in [2.45, 2.75) is 51.9 Å². The van der Waals surface area contributed by atoms with Gasteiger partial charge in [0.15, 0.2) is 20.2 Å². The van der Waals surface area contributed by atoms with Crippen LogP contribution >= 0.6 is 0 Å². The molecule has 0 atom stereocenters. The van der Waals surface area contributed by atoms with E-state index in [0.717, 1.165) is 12.8 Å². The summed E-state index contributed by atoms with van der Waals surface area (Å²) in [4.78, 5) is 10.6. The van der Waals surface area contributed by atoms with Crippen molar-refractivity contribution < 1.29 is 29.3 Å². The monoisotopic (exact) mass is 292 g/mol. The molecule has 0 heterocycles. The molecule has 120 valence electrons. The molecule has 0 spiro atoms. The number of nitrogens with zero attached hydrogens (tertiary/aromatic N) is 1. The van der Waals surface area contributed by atoms with Gasteiger partial charge in [-0.3, -0.25) is 9.28 Å². The maximum absolute atomic E-state index is 10.6. The van der Waals surface area contributed by atoms with E-state index in [1.54, 1.807) is 0 Å². The van der Waals surface area contributed by atoms with Gasteiger partial charge in [-0.15, -0.1) is 0 Å². The Balaban J connectivity index is 3.77. The molecular weight excluding hydrogens is 262 g/mol. The number of carboxylic acid groups (broad SMARTS) is 1. The average Bonchev–Trinajstić information content (AvgIpc) is 2.45. The Morgan fingerprint density at radius 3 is 2.20 bits per heavy atom. The van der Waals surface area contributed by atoms with E-state index >= 15 is 0 Å². The second kappa shape index (κ2) is 12.1. The molecule has 3 N–H and O–H groups in total. The number of carbonyl (C=O) groups is 1. The minimum absolute atomic E-state index is 0.0957. The fourth-order valence-corrected chi connectivity index (χ4v) is 1.91. The molecule has 0 unspecified atom stereocenters. The molecule has 6 nitrogen and oxygen atoms in total. The van der Waals surface area contributed by atoms with E-state index in [1.807, 2.05) is 0 Å². The molecule has 20 heavy (non-hydrogen) atoms. The Kier molecular flexibility index (Phi) is 11.7. The van der Waals surface area contributed by atoms with E-state index in [1.165, 1.54) is 25.7 Å². The Morgan fingerprint density at radius 2 is 1.65 bits per heavy atom. The lowest BCUT2D eigenvalue weighted by molar-refractivity contribution is -0.976. The van der Waals surface area contributed by atoms with E-state index in [2.05, 4.69) is 6.92 Å². The number of hydrogen-bond donors (Lipinski definition) is 3. The van der Waals surface area contributed by atoms with Crippen LogP contribution in [0.1, 0.15) is 51.9 Å². The number of carboxylic acids is 1. The molecule has 0 aliphatic carbocycles. The van der Waals surface area contributed by atoms with Crippen LogP contribution in [0, 0.1) is 0 Å². The molecule has 0 aromatic carbocycles. The van der Waals surface area contributed by atoms with Crippen molar-refractivity contribution in [3.63, 3.8) is 0 Å². The molecule has 0 aliphatic heterocycles. The quantitative estimate of drug-likeness (QED) is 0.257. The van der Waals surface area contributed by atoms with Gasteiger partial charge in [-0.1, -0.05) is 39.0 Å². The molecule has 0 aromatic heterocycles. The van der Waals surface area contributed by atoms with Gasteiger partial charge in [0, 0.05) is 0 Å². The third-order valence-corrected chi connectivity index (χ3v) is 3.41. The fraction of sp³-hybridized carbons (Fsp3) is 0.929. The minimum Gasteiger partial charge on any atom is -0.481 e. The first kappa shape index (κ1) is 19.3. The summed E-state index contributed by atoms with van der Waals surface area (Å²) in [5.41, 5.74) is 0. The SMILES string of the molecule is CCCCCCCCOC[N+](CO)(CO)CCC(=O)O. The fourth-order valence-electron chi connectivity index (χ4n) is 1.91. The van der Waals surface area contributed by atoms with Crippen LogP contribution < -0.4 is 0 Å². The van der Waals surface area contributed by atoms with Crippen LogP contribution in [-0.4, -0.2) is 59.1 Å². The van der Waals surface area contributed by atoms with Gasteiger partial charge in [0.1, 0.15) is 0 Å². The lowest BCUT2D eigenvalue weighted by Gasteiger charge is -2.33. The summed E-state index contributed by atoms with van der Waals surface area (Å²) in [5.74, 6) is -0.940. The molecule has 0 radical (unpaired) electrons. The van der Waals surface area contributed by atoms with Gasteiger partial charge in [0.2, 0.25) is 0 Å². The highest BCUT2D eigenvalue weighted by molar-refractivity contribution is 5.66. The van der Waals surface area contributed by atoms with Gasteiger partial charge < -0.3 is 20.1 Å². The average molecular weight is 292 g/mol. The number of aliphatic hydroxyl groups excluding tert-OH is 2. The summed E-state index contributed by atoms with van der Waals surface area (Å²) < 4.78 is 5.34. The first-order valence-corrected chi connectivity index (χ1v) is 7.46. The van der Waals surface area contributed by atoms with Crippen molar-refractivity contribution in [2.75, 3.05) is 33.3 Å². The summed E-state index contributed by atoms with van der Waals surface area (Å²) in [6.07, 6.45) is 6.94. The van der Waals surface area contributed by atoms with E-state index < -0.39 is 5.97 Å². The second-order valence-electron chi connectivity index (χ2n) is 5.30. The molecule has 0 rings (SSSR count). The lowest BCUT2D eigenvalue weighted by Crippen LogP contribution is -2.52. The number of unbranched alkanes of at least 4 members (excludes halogenated alkanes) is 5. The van der Waals surface area contributed by atoms with Gasteiger partial charge in [-0.25, -0.2) is 0 Å². The summed E-state index contributed by atoms with van der Waals surface area (Å²) in [6, 6.07) is 0. The molecule has 0 aromatic rings. The van der Waals surface area contributed by atoms with Gasteiger partial charge >= 0.3 is 5.97 Å². The van der Waals surface area contributed by atoms with Gasteiger partial charge in [0.05, 0.1) is 19.6 Å². The Bertz CT molecular complexity index is 244. The first-order valence-electron chi connectivity index (χ1n) is 7.46. The van der Waals surface area contributed by atoms with Gasteiger partial charge in [0.25, 0.3) is 0 Å². The van der Waals surface area contributed by atoms with Crippen molar-refractivity contribution >= 4 is 5.97 Å². The molecule has 0 bridgehead atoms. The van der Waals surface area contributed by atoms with Crippen molar-refractivity contribution in [1.29, 1.82) is 0 Å². The first-order chi connectivity index (χ1) is 9.60. The third-order valence-electron chi connectivity index (χ3n) is 3.41. The molecule has 6 heteroatoms. The molecule has 0 saturated carbocycles. The van der Waals surface area contributed by atoms with Crippen LogP contribution in [0.2, 0.25) is 0 Å². The van der Waals surface area contributed by atoms with Crippen molar-refractivity contribution in [2.24, 2.45) is 0 Å². The Morgan fingerprint density at radius 1 is 1.05 bits per heavy atom. The van der Waals surface area contributed by atoms with Crippen LogP contribution in [0.4, 0.5) is 0 Å². The number of aliphatic carboxylic acids is 1. The molecule has 0 fully saturated rings. The summed E-state index contributed by atoms with van der Waals surface area (Å²) in [5, 5.41) is 27.3. The standard InChI is InChI=1S/C14H29NO5/c1-2-3-4-5-6-7-10-20-13-15(11-16,12-17)9-8-14(18)19/h16-17H,2-13H2,1H3/p+1. The predicted octanol–water partition coefficient (Wildman–Crippen LogP) is 1.51. The van der Waals surface area contributed by atoms with Crippen LogP contribution in [0.25, 0.3) is 0 Å². The van der Waals surface area contributed by atoms with Crippen LogP contribution in [-0.2, 0) is 9.53 Å². The highest BCUT2D eigenvalue weighted by atomic mass is 16.5. The van der Waals surface area contributed by atoms with Crippen LogP contribution in [0.15, 0.2) is 0 Å². The normalized spacial score (nSPS) is 11.8. The van der Waals surface area contributed by atoms with Crippen LogP contribution in [0.5, 0.6) is 0 Å². The number of rotatable bonds is 14. The highest BCUT2D eigenvalue weighted by Crippen LogP contribution is 2.08. The third kappa shape index (κ3) is 9.25. The number of aliphatic hydroxyl groups is 2. The largest absolute Gasteiger partial charge is 0.481 e. The summed E-state index contributed by atoms with van der Waals surface area (Å²) >= 11 is 0. The van der Waals surface area contributed by atoms with Gasteiger partial charge in [-0.2, -0.15) is 0 Å². The van der Waals surface area contributed by atoms with E-state index in [0.29, 0.717) is 6.61 Å². The van der Waals surface area contributed by atoms with E-state index in [-0.39, 0.29) is 37.6 Å². The molecule has 0 saturated heterocycles. The maximum atomic E-state index is 10.6. The Hall–Kier alpha value is -0.690. The van der Waals surface area contributed by atoms with Crippen molar-refractivity contribution in [1.82, 2.24) is 0 Å². The minimum atomic E-state index is -0.940. The smallest absolute Gasteiger partial charge is 0.309 e. The summed E-state index contributed by atoms with van der Waals surface area (Å²) in [7, 11) is 0. The molecule has 0 aliphatic rings. The lowest BCUT2D eigenvalue weighted by atomic mass is 10.1. The number of hydrogen-bond acceptors (Lipinski definition) is 4. The number of ether oxygens (including phenoxy) is 1.